The molecule has 234 valence electrons. The van der Waals surface area contributed by atoms with Gasteiger partial charge in [-0.05, 0) is 112 Å². The van der Waals surface area contributed by atoms with Crippen LogP contribution in [-0.4, -0.2) is 0 Å². The SMILES string of the molecule is c1ccc(-c2cc3c(cc2N(c2ccccc2)c2ccccc2)C2(CCC4(CC2)c2ccccc2-c2ccccc24)c2ccccc2-3)cc1. The fourth-order valence-corrected chi connectivity index (χ4v) is 9.70. The molecule has 0 N–H and O–H groups in total. The Morgan fingerprint density at radius 2 is 0.714 bits per heavy atom. The third-order valence-corrected chi connectivity index (χ3v) is 11.9. The van der Waals surface area contributed by atoms with E-state index in [-0.39, 0.29) is 10.8 Å². The van der Waals surface area contributed by atoms with Gasteiger partial charge in [0.2, 0.25) is 0 Å². The van der Waals surface area contributed by atoms with E-state index in [1.54, 1.807) is 0 Å². The molecule has 0 amide bonds. The summed E-state index contributed by atoms with van der Waals surface area (Å²) < 4.78 is 0. The van der Waals surface area contributed by atoms with Crippen molar-refractivity contribution in [2.24, 2.45) is 0 Å². The van der Waals surface area contributed by atoms with Crippen LogP contribution in [0.25, 0.3) is 33.4 Å². The summed E-state index contributed by atoms with van der Waals surface area (Å²) in [7, 11) is 0. The minimum Gasteiger partial charge on any atom is -0.310 e. The Labute approximate surface area is 289 Å². The highest BCUT2D eigenvalue weighted by atomic mass is 15.1. The molecular formula is C48H37N. The summed E-state index contributed by atoms with van der Waals surface area (Å²) >= 11 is 0. The molecule has 49 heavy (non-hydrogen) atoms. The van der Waals surface area contributed by atoms with Gasteiger partial charge in [-0.15, -0.1) is 0 Å². The van der Waals surface area contributed by atoms with Crippen molar-refractivity contribution in [1.82, 2.24) is 0 Å². The predicted molar refractivity (Wildman–Crippen MR) is 204 cm³/mol. The van der Waals surface area contributed by atoms with Crippen LogP contribution >= 0.6 is 0 Å². The number of rotatable bonds is 4. The Morgan fingerprint density at radius 1 is 0.327 bits per heavy atom. The smallest absolute Gasteiger partial charge is 0.0543 e. The fourth-order valence-electron chi connectivity index (χ4n) is 9.70. The normalized spacial score (nSPS) is 15.8. The van der Waals surface area contributed by atoms with Crippen molar-refractivity contribution in [2.45, 2.75) is 36.5 Å². The number of hydrogen-bond acceptors (Lipinski definition) is 1. The minimum absolute atomic E-state index is 0.0489. The molecule has 0 saturated heterocycles. The summed E-state index contributed by atoms with van der Waals surface area (Å²) in [6, 6.07) is 65.5. The molecule has 0 aromatic heterocycles. The van der Waals surface area contributed by atoms with E-state index in [0.29, 0.717) is 0 Å². The number of para-hydroxylation sites is 2. The fraction of sp³-hybridized carbons (Fsp3) is 0.125. The maximum absolute atomic E-state index is 2.58. The van der Waals surface area contributed by atoms with Crippen molar-refractivity contribution in [3.63, 3.8) is 0 Å². The molecule has 10 rings (SSSR count). The van der Waals surface area contributed by atoms with Crippen molar-refractivity contribution in [3.05, 3.63) is 198 Å². The second-order valence-corrected chi connectivity index (χ2v) is 14.1. The average Bonchev–Trinajstić information content (AvgIpc) is 3.60. The van der Waals surface area contributed by atoms with Crippen molar-refractivity contribution in [2.75, 3.05) is 4.90 Å². The highest BCUT2D eigenvalue weighted by molar-refractivity contribution is 5.95. The molecule has 0 heterocycles. The monoisotopic (exact) mass is 627 g/mol. The van der Waals surface area contributed by atoms with E-state index < -0.39 is 0 Å². The molecule has 3 aliphatic rings. The molecular weight excluding hydrogens is 591 g/mol. The third-order valence-electron chi connectivity index (χ3n) is 11.9. The van der Waals surface area contributed by atoms with E-state index in [4.69, 9.17) is 0 Å². The summed E-state index contributed by atoms with van der Waals surface area (Å²) in [5.41, 5.74) is 17.7. The zero-order valence-corrected chi connectivity index (χ0v) is 27.5. The first-order valence-electron chi connectivity index (χ1n) is 17.7. The second-order valence-electron chi connectivity index (χ2n) is 14.1. The summed E-state index contributed by atoms with van der Waals surface area (Å²) in [5, 5.41) is 0. The highest BCUT2D eigenvalue weighted by Crippen LogP contribution is 2.64. The lowest BCUT2D eigenvalue weighted by Gasteiger charge is -2.46. The van der Waals surface area contributed by atoms with Gasteiger partial charge in [0, 0.05) is 27.8 Å². The van der Waals surface area contributed by atoms with Gasteiger partial charge in [0.05, 0.1) is 5.69 Å². The molecule has 0 unspecified atom stereocenters. The molecule has 1 fully saturated rings. The Kier molecular flexibility index (Phi) is 6.33. The molecule has 0 bridgehead atoms. The largest absolute Gasteiger partial charge is 0.310 e. The first-order chi connectivity index (χ1) is 24.3. The van der Waals surface area contributed by atoms with Gasteiger partial charge >= 0.3 is 0 Å². The highest BCUT2D eigenvalue weighted by Gasteiger charge is 2.53. The topological polar surface area (TPSA) is 3.24 Å². The maximum Gasteiger partial charge on any atom is 0.0543 e. The van der Waals surface area contributed by atoms with Gasteiger partial charge in [-0.3, -0.25) is 0 Å². The summed E-state index contributed by atoms with van der Waals surface area (Å²) in [6.45, 7) is 0. The zero-order valence-electron chi connectivity index (χ0n) is 27.5. The van der Waals surface area contributed by atoms with Crippen molar-refractivity contribution in [1.29, 1.82) is 0 Å². The van der Waals surface area contributed by atoms with Crippen LogP contribution in [0, 0.1) is 0 Å². The van der Waals surface area contributed by atoms with Crippen LogP contribution in [0.2, 0.25) is 0 Å². The lowest BCUT2D eigenvalue weighted by molar-refractivity contribution is 0.265. The Morgan fingerprint density at radius 3 is 1.20 bits per heavy atom. The van der Waals surface area contributed by atoms with Crippen LogP contribution in [-0.2, 0) is 10.8 Å². The van der Waals surface area contributed by atoms with E-state index >= 15 is 0 Å². The van der Waals surface area contributed by atoms with Crippen LogP contribution in [0.1, 0.15) is 47.9 Å². The van der Waals surface area contributed by atoms with Crippen molar-refractivity contribution >= 4 is 17.1 Å². The van der Waals surface area contributed by atoms with Gasteiger partial charge in [-0.25, -0.2) is 0 Å². The van der Waals surface area contributed by atoms with E-state index in [1.165, 1.54) is 61.3 Å². The average molecular weight is 628 g/mol. The second kappa shape index (κ2) is 10.9. The van der Waals surface area contributed by atoms with Gasteiger partial charge in [0.15, 0.2) is 0 Å². The van der Waals surface area contributed by atoms with Crippen LogP contribution in [0.5, 0.6) is 0 Å². The number of nitrogens with zero attached hydrogens (tertiary/aromatic N) is 1. The molecule has 7 aromatic rings. The van der Waals surface area contributed by atoms with E-state index in [2.05, 4.69) is 181 Å². The van der Waals surface area contributed by atoms with Gasteiger partial charge in [-0.1, -0.05) is 140 Å². The molecule has 1 heteroatoms. The van der Waals surface area contributed by atoms with Gasteiger partial charge in [0.25, 0.3) is 0 Å². The van der Waals surface area contributed by atoms with E-state index in [9.17, 15) is 0 Å². The lowest BCUT2D eigenvalue weighted by atomic mass is 9.57. The zero-order chi connectivity index (χ0) is 32.4. The van der Waals surface area contributed by atoms with Crippen LogP contribution in [0.3, 0.4) is 0 Å². The first-order valence-corrected chi connectivity index (χ1v) is 17.7. The van der Waals surface area contributed by atoms with E-state index in [1.807, 2.05) is 0 Å². The lowest BCUT2D eigenvalue weighted by Crippen LogP contribution is -2.39. The Balaban J connectivity index is 1.19. The molecule has 7 aromatic carbocycles. The Bertz CT molecular complexity index is 2240. The molecule has 0 aliphatic heterocycles. The predicted octanol–water partition coefficient (Wildman–Crippen LogP) is 12.6. The molecule has 3 aliphatic carbocycles. The number of hydrogen-bond donors (Lipinski definition) is 0. The maximum atomic E-state index is 2.58. The van der Waals surface area contributed by atoms with Crippen molar-refractivity contribution < 1.29 is 0 Å². The Hall–Kier alpha value is -5.66. The number of benzene rings is 7. The third kappa shape index (κ3) is 4.12. The quantitative estimate of drug-likeness (QED) is 0.188. The van der Waals surface area contributed by atoms with E-state index in [0.717, 1.165) is 37.1 Å². The number of fused-ring (bicyclic) bond motifs is 10. The summed E-state index contributed by atoms with van der Waals surface area (Å²) in [5.74, 6) is 0. The molecule has 2 spiro atoms. The van der Waals surface area contributed by atoms with Crippen LogP contribution in [0.4, 0.5) is 17.1 Å². The standard InChI is InChI=1S/C48H37N/c1-4-16-34(17-5-1)40-32-41-39-24-12-15-27-44(39)48(45(41)33-46(40)49(35-18-6-2-7-19-35)36-20-8-3-9-21-36)30-28-47(29-31-48)42-25-13-10-22-37(42)38-23-11-14-26-43(38)47/h1-27,32-33H,28-31H2. The van der Waals surface area contributed by atoms with Gasteiger partial charge < -0.3 is 4.90 Å². The molecule has 1 saturated carbocycles. The molecule has 0 atom stereocenters. The van der Waals surface area contributed by atoms with Crippen LogP contribution in [0.15, 0.2) is 176 Å². The molecule has 0 radical (unpaired) electrons. The summed E-state index contributed by atoms with van der Waals surface area (Å²) in [4.78, 5) is 2.47. The van der Waals surface area contributed by atoms with Gasteiger partial charge in [-0.2, -0.15) is 0 Å². The number of anilines is 3. The van der Waals surface area contributed by atoms with Crippen LogP contribution < -0.4 is 4.90 Å². The first kappa shape index (κ1) is 28.4. The minimum atomic E-state index is -0.0489. The molecule has 1 nitrogen and oxygen atoms in total. The van der Waals surface area contributed by atoms with Gasteiger partial charge in [0.1, 0.15) is 0 Å². The summed E-state index contributed by atoms with van der Waals surface area (Å²) in [6.07, 6.45) is 4.48. The van der Waals surface area contributed by atoms with Crippen molar-refractivity contribution in [3.8, 4) is 33.4 Å².